The Balaban J connectivity index is 1.96. The lowest BCUT2D eigenvalue weighted by molar-refractivity contribution is -0.130. The highest BCUT2D eigenvalue weighted by molar-refractivity contribution is 5.83. The summed E-state index contributed by atoms with van der Waals surface area (Å²) >= 11 is 0. The lowest BCUT2D eigenvalue weighted by atomic mass is 10.1. The molecule has 0 saturated carbocycles. The summed E-state index contributed by atoms with van der Waals surface area (Å²) in [7, 11) is 0. The maximum atomic E-state index is 12.2. The van der Waals surface area contributed by atoms with Crippen LogP contribution in [-0.2, 0) is 4.79 Å². The van der Waals surface area contributed by atoms with E-state index in [0.29, 0.717) is 11.8 Å². The molecule has 1 amide bonds. The zero-order valence-electron chi connectivity index (χ0n) is 12.1. The van der Waals surface area contributed by atoms with Gasteiger partial charge in [0.25, 0.3) is 0 Å². The van der Waals surface area contributed by atoms with Gasteiger partial charge in [-0.25, -0.2) is 0 Å². The van der Waals surface area contributed by atoms with Crippen LogP contribution < -0.4 is 5.32 Å². The number of carbonyl (C=O) groups is 1. The highest BCUT2D eigenvalue weighted by atomic mass is 16.2. The van der Waals surface area contributed by atoms with Crippen LogP contribution in [0.2, 0.25) is 0 Å². The summed E-state index contributed by atoms with van der Waals surface area (Å²) in [6.45, 7) is 13.0. The molecule has 18 heavy (non-hydrogen) atoms. The maximum Gasteiger partial charge on any atom is 0.240 e. The van der Waals surface area contributed by atoms with Crippen molar-refractivity contribution < 1.29 is 4.79 Å². The average molecular weight is 253 g/mol. The van der Waals surface area contributed by atoms with E-state index in [4.69, 9.17) is 0 Å². The molecule has 3 atom stereocenters. The second-order valence-electron chi connectivity index (χ2n) is 6.12. The monoisotopic (exact) mass is 253 g/mol. The molecule has 2 aliphatic rings. The molecule has 0 aromatic carbocycles. The zero-order valence-corrected chi connectivity index (χ0v) is 12.1. The largest absolute Gasteiger partial charge is 0.325 e. The van der Waals surface area contributed by atoms with Gasteiger partial charge in [0.1, 0.15) is 0 Å². The second-order valence-corrected chi connectivity index (χ2v) is 6.12. The van der Waals surface area contributed by atoms with Crippen LogP contribution in [-0.4, -0.2) is 54.1 Å². The van der Waals surface area contributed by atoms with Gasteiger partial charge < -0.3 is 9.80 Å². The molecule has 104 valence electrons. The predicted molar refractivity (Wildman–Crippen MR) is 73.2 cm³/mol. The summed E-state index contributed by atoms with van der Waals surface area (Å²) in [5.41, 5.74) is 0. The number of carbonyl (C=O) groups excluding carboxylic acids is 1. The van der Waals surface area contributed by atoms with Gasteiger partial charge in [-0.2, -0.15) is 0 Å². The first kappa shape index (κ1) is 13.8. The summed E-state index contributed by atoms with van der Waals surface area (Å²) in [5, 5.41) is 3.42. The van der Waals surface area contributed by atoms with Crippen LogP contribution in [0, 0.1) is 11.8 Å². The van der Waals surface area contributed by atoms with Gasteiger partial charge >= 0.3 is 0 Å². The fourth-order valence-electron chi connectivity index (χ4n) is 3.19. The average Bonchev–Trinajstić information content (AvgIpc) is 2.89. The molecule has 2 saturated heterocycles. The Kier molecular flexibility index (Phi) is 4.28. The normalized spacial score (nSPS) is 33.9. The summed E-state index contributed by atoms with van der Waals surface area (Å²) in [4.78, 5) is 16.8. The van der Waals surface area contributed by atoms with Crippen LogP contribution in [0.5, 0.6) is 0 Å². The molecule has 2 rings (SSSR count). The van der Waals surface area contributed by atoms with Crippen molar-refractivity contribution in [3.8, 4) is 0 Å². The van der Waals surface area contributed by atoms with Crippen LogP contribution in [0.4, 0.5) is 0 Å². The molecule has 2 fully saturated rings. The number of hydrogen-bond acceptors (Lipinski definition) is 3. The van der Waals surface area contributed by atoms with Gasteiger partial charge in [-0.05, 0) is 38.3 Å². The molecule has 0 aromatic heterocycles. The van der Waals surface area contributed by atoms with Crippen molar-refractivity contribution in [3.63, 3.8) is 0 Å². The molecule has 2 aliphatic heterocycles. The van der Waals surface area contributed by atoms with Crippen LogP contribution in [0.1, 0.15) is 34.1 Å². The first-order chi connectivity index (χ1) is 8.52. The van der Waals surface area contributed by atoms with Crippen molar-refractivity contribution in [2.24, 2.45) is 11.8 Å². The van der Waals surface area contributed by atoms with Crippen LogP contribution in [0.15, 0.2) is 0 Å². The summed E-state index contributed by atoms with van der Waals surface area (Å²) in [5.74, 6) is 1.41. The number of nitrogens with zero attached hydrogens (tertiary/aromatic N) is 2. The first-order valence-corrected chi connectivity index (χ1v) is 7.31. The van der Waals surface area contributed by atoms with Gasteiger partial charge in [-0.1, -0.05) is 20.8 Å². The Labute approximate surface area is 111 Å². The van der Waals surface area contributed by atoms with E-state index in [1.54, 1.807) is 0 Å². The van der Waals surface area contributed by atoms with E-state index in [-0.39, 0.29) is 18.1 Å². The fourth-order valence-corrected chi connectivity index (χ4v) is 3.19. The van der Waals surface area contributed by atoms with Crippen molar-refractivity contribution in [2.45, 2.75) is 46.3 Å². The third-order valence-corrected chi connectivity index (χ3v) is 4.31. The number of amides is 1. The Morgan fingerprint density at radius 1 is 1.44 bits per heavy atom. The number of hydrogen-bond donors (Lipinski definition) is 1. The highest BCUT2D eigenvalue weighted by Crippen LogP contribution is 2.23. The maximum absolute atomic E-state index is 12.2. The van der Waals surface area contributed by atoms with E-state index in [1.807, 2.05) is 6.92 Å². The van der Waals surface area contributed by atoms with Crippen molar-refractivity contribution >= 4 is 5.91 Å². The topological polar surface area (TPSA) is 35.6 Å². The van der Waals surface area contributed by atoms with Crippen LogP contribution in [0.25, 0.3) is 0 Å². The van der Waals surface area contributed by atoms with Gasteiger partial charge in [0, 0.05) is 13.1 Å². The molecule has 0 bridgehead atoms. The zero-order chi connectivity index (χ0) is 13.3. The Bertz CT molecular complexity index is 305. The molecule has 0 spiro atoms. The second kappa shape index (κ2) is 5.57. The molecule has 4 heteroatoms. The third kappa shape index (κ3) is 2.69. The van der Waals surface area contributed by atoms with Gasteiger partial charge in [0.05, 0.1) is 12.2 Å². The SMILES string of the molecule is CCN1CCC(CN2C(=O)C(C)NC2C(C)C)C1. The van der Waals surface area contributed by atoms with E-state index in [2.05, 4.69) is 35.9 Å². The molecule has 0 radical (unpaired) electrons. The minimum atomic E-state index is -0.0129. The van der Waals surface area contributed by atoms with Crippen molar-refractivity contribution in [1.82, 2.24) is 15.1 Å². The van der Waals surface area contributed by atoms with E-state index in [0.717, 1.165) is 19.6 Å². The molecular formula is C14H27N3O. The highest BCUT2D eigenvalue weighted by Gasteiger charge is 2.39. The Hall–Kier alpha value is -0.610. The lowest BCUT2D eigenvalue weighted by Gasteiger charge is -2.29. The Morgan fingerprint density at radius 2 is 2.17 bits per heavy atom. The van der Waals surface area contributed by atoms with E-state index >= 15 is 0 Å². The van der Waals surface area contributed by atoms with E-state index in [9.17, 15) is 4.79 Å². The standard InChI is InChI=1S/C14H27N3O/c1-5-16-7-6-12(8-16)9-17-13(10(2)3)15-11(4)14(17)18/h10-13,15H,5-9H2,1-4H3. The van der Waals surface area contributed by atoms with E-state index in [1.165, 1.54) is 13.0 Å². The van der Waals surface area contributed by atoms with Crippen LogP contribution >= 0.6 is 0 Å². The number of rotatable bonds is 4. The third-order valence-electron chi connectivity index (χ3n) is 4.31. The Morgan fingerprint density at radius 3 is 2.72 bits per heavy atom. The van der Waals surface area contributed by atoms with Crippen molar-refractivity contribution in [1.29, 1.82) is 0 Å². The van der Waals surface area contributed by atoms with Crippen molar-refractivity contribution in [2.75, 3.05) is 26.2 Å². The van der Waals surface area contributed by atoms with Gasteiger partial charge in [-0.3, -0.25) is 10.1 Å². The number of nitrogens with one attached hydrogen (secondary N) is 1. The van der Waals surface area contributed by atoms with Gasteiger partial charge in [-0.15, -0.1) is 0 Å². The quantitative estimate of drug-likeness (QED) is 0.816. The van der Waals surface area contributed by atoms with Gasteiger partial charge in [0.2, 0.25) is 5.91 Å². The molecule has 4 nitrogen and oxygen atoms in total. The molecule has 0 aliphatic carbocycles. The van der Waals surface area contributed by atoms with Crippen LogP contribution in [0.3, 0.4) is 0 Å². The smallest absolute Gasteiger partial charge is 0.240 e. The molecular weight excluding hydrogens is 226 g/mol. The summed E-state index contributed by atoms with van der Waals surface area (Å²) in [6.07, 6.45) is 1.46. The molecule has 0 aromatic rings. The molecule has 2 heterocycles. The predicted octanol–water partition coefficient (Wildman–Crippen LogP) is 1.13. The number of likely N-dealkylation sites (tertiary alicyclic amines) is 1. The summed E-state index contributed by atoms with van der Waals surface area (Å²) in [6, 6.07) is -0.0129. The minimum absolute atomic E-state index is 0.0129. The fraction of sp³-hybridized carbons (Fsp3) is 0.929. The lowest BCUT2D eigenvalue weighted by Crippen LogP contribution is -2.44. The minimum Gasteiger partial charge on any atom is -0.325 e. The molecule has 1 N–H and O–H groups in total. The summed E-state index contributed by atoms with van der Waals surface area (Å²) < 4.78 is 0. The first-order valence-electron chi connectivity index (χ1n) is 7.31. The molecule has 3 unspecified atom stereocenters. The van der Waals surface area contributed by atoms with E-state index < -0.39 is 0 Å². The van der Waals surface area contributed by atoms with Gasteiger partial charge in [0.15, 0.2) is 0 Å². The van der Waals surface area contributed by atoms with Crippen molar-refractivity contribution in [3.05, 3.63) is 0 Å².